The fourth-order valence-electron chi connectivity index (χ4n) is 2.69. The van der Waals surface area contributed by atoms with Gasteiger partial charge in [-0.25, -0.2) is 9.97 Å². The number of carbonyl (C=O) groups is 1. The molecule has 2 rings (SSSR count). The average Bonchev–Trinajstić information content (AvgIpc) is 2.37. The first-order valence-electron chi connectivity index (χ1n) is 6.34. The Kier molecular flexibility index (Phi) is 4.25. The molecule has 0 radical (unpaired) electrons. The van der Waals surface area contributed by atoms with Gasteiger partial charge in [0.2, 0.25) is 0 Å². The Morgan fingerprint density at radius 2 is 2.28 bits per heavy atom. The summed E-state index contributed by atoms with van der Waals surface area (Å²) < 4.78 is 0. The van der Waals surface area contributed by atoms with E-state index in [0.29, 0.717) is 11.7 Å². The van der Waals surface area contributed by atoms with Crippen LogP contribution in [-0.4, -0.2) is 46.1 Å². The fraction of sp³-hybridized carbons (Fsp3) is 0.615. The van der Waals surface area contributed by atoms with Gasteiger partial charge in [-0.1, -0.05) is 0 Å². The first kappa shape index (κ1) is 13.0. The molecular weight excluding hydrogens is 230 g/mol. The Morgan fingerprint density at radius 3 is 2.89 bits per heavy atom. The molecule has 1 aliphatic rings. The molecule has 1 aromatic heterocycles. The lowest BCUT2D eigenvalue weighted by molar-refractivity contribution is -0.138. The van der Waals surface area contributed by atoms with E-state index in [-0.39, 0.29) is 12.3 Å². The number of piperidine rings is 1. The van der Waals surface area contributed by atoms with Crippen molar-refractivity contribution in [2.24, 2.45) is 5.92 Å². The Labute approximate surface area is 107 Å². The molecule has 1 aliphatic heterocycles. The summed E-state index contributed by atoms with van der Waals surface area (Å²) >= 11 is 0. The lowest BCUT2D eigenvalue weighted by Crippen LogP contribution is -2.36. The van der Waals surface area contributed by atoms with Gasteiger partial charge in [-0.3, -0.25) is 4.79 Å². The number of nitrogens with zero attached hydrogens (tertiary/aromatic N) is 3. The average molecular weight is 249 g/mol. The highest BCUT2D eigenvalue weighted by molar-refractivity contribution is 5.67. The van der Waals surface area contributed by atoms with Crippen LogP contribution >= 0.6 is 0 Å². The largest absolute Gasteiger partial charge is 0.481 e. The van der Waals surface area contributed by atoms with Crippen LogP contribution < -0.4 is 0 Å². The van der Waals surface area contributed by atoms with Crippen molar-refractivity contribution in [2.75, 3.05) is 20.1 Å². The smallest absolute Gasteiger partial charge is 0.304 e. The summed E-state index contributed by atoms with van der Waals surface area (Å²) in [5.74, 6) is 0.148. The van der Waals surface area contributed by atoms with Crippen LogP contribution in [0.3, 0.4) is 0 Å². The third kappa shape index (κ3) is 3.26. The number of likely N-dealkylation sites (tertiary alicyclic amines) is 1. The molecule has 5 nitrogen and oxygen atoms in total. The van der Waals surface area contributed by atoms with Gasteiger partial charge in [0.1, 0.15) is 5.82 Å². The third-order valence-electron chi connectivity index (χ3n) is 3.54. The monoisotopic (exact) mass is 249 g/mol. The zero-order valence-electron chi connectivity index (χ0n) is 10.6. The summed E-state index contributed by atoms with van der Waals surface area (Å²) in [5, 5.41) is 9.07. The second kappa shape index (κ2) is 5.91. The second-order valence-electron chi connectivity index (χ2n) is 4.98. The van der Waals surface area contributed by atoms with E-state index < -0.39 is 5.97 Å². The molecule has 0 saturated carbocycles. The summed E-state index contributed by atoms with van der Waals surface area (Å²) in [6.07, 6.45) is 5.65. The Morgan fingerprint density at radius 1 is 1.56 bits per heavy atom. The summed E-state index contributed by atoms with van der Waals surface area (Å²) in [6, 6.07) is 1.76. The summed E-state index contributed by atoms with van der Waals surface area (Å²) in [5.41, 5.74) is 0. The van der Waals surface area contributed by atoms with Crippen molar-refractivity contribution < 1.29 is 9.90 Å². The van der Waals surface area contributed by atoms with Crippen LogP contribution in [0.15, 0.2) is 18.5 Å². The van der Waals surface area contributed by atoms with Crippen molar-refractivity contribution in [3.8, 4) is 0 Å². The number of aliphatic carboxylic acids is 1. The van der Waals surface area contributed by atoms with Gasteiger partial charge in [0.05, 0.1) is 6.42 Å². The molecule has 2 atom stereocenters. The minimum absolute atomic E-state index is 0.0774. The molecule has 1 fully saturated rings. The molecule has 0 aliphatic carbocycles. The predicted molar refractivity (Wildman–Crippen MR) is 67.2 cm³/mol. The van der Waals surface area contributed by atoms with Gasteiger partial charge in [0, 0.05) is 24.9 Å². The van der Waals surface area contributed by atoms with Crippen molar-refractivity contribution in [3.05, 3.63) is 24.3 Å². The Hall–Kier alpha value is -1.49. The van der Waals surface area contributed by atoms with Crippen LogP contribution in [-0.2, 0) is 4.79 Å². The van der Waals surface area contributed by atoms with Gasteiger partial charge in [-0.2, -0.15) is 0 Å². The van der Waals surface area contributed by atoms with E-state index in [4.69, 9.17) is 5.11 Å². The highest BCUT2D eigenvalue weighted by Gasteiger charge is 2.30. The third-order valence-corrected chi connectivity index (χ3v) is 3.54. The van der Waals surface area contributed by atoms with E-state index in [2.05, 4.69) is 21.9 Å². The lowest BCUT2D eigenvalue weighted by atomic mass is 9.83. The fourth-order valence-corrected chi connectivity index (χ4v) is 2.69. The van der Waals surface area contributed by atoms with E-state index in [1.165, 1.54) is 0 Å². The normalized spacial score (nSPS) is 22.6. The molecular formula is C13H19N3O2. The predicted octanol–water partition coefficient (Wildman–Crippen LogP) is 1.38. The number of rotatable bonds is 4. The van der Waals surface area contributed by atoms with Crippen molar-refractivity contribution in [2.45, 2.75) is 25.2 Å². The van der Waals surface area contributed by atoms with Gasteiger partial charge in [0.15, 0.2) is 0 Å². The zero-order valence-corrected chi connectivity index (χ0v) is 10.6. The summed E-state index contributed by atoms with van der Waals surface area (Å²) in [6.45, 7) is 2.02. The van der Waals surface area contributed by atoms with Crippen molar-refractivity contribution in [1.82, 2.24) is 14.9 Å². The molecule has 98 valence electrons. The quantitative estimate of drug-likeness (QED) is 0.873. The first-order valence-corrected chi connectivity index (χ1v) is 6.34. The standard InChI is InChI=1S/C13H19N3O2/c1-16-7-2-4-10(9-16)11(8-12(17)18)13-14-5-3-6-15-13/h3,5-6,10-11H,2,4,7-9H2,1H3,(H,17,18). The molecule has 0 aromatic carbocycles. The van der Waals surface area contributed by atoms with E-state index in [9.17, 15) is 4.79 Å². The maximum absolute atomic E-state index is 11.0. The highest BCUT2D eigenvalue weighted by atomic mass is 16.4. The number of carboxylic acid groups (broad SMARTS) is 1. The maximum Gasteiger partial charge on any atom is 0.304 e. The molecule has 2 unspecified atom stereocenters. The van der Waals surface area contributed by atoms with Crippen LogP contribution in [0.5, 0.6) is 0 Å². The topological polar surface area (TPSA) is 66.3 Å². The van der Waals surface area contributed by atoms with Gasteiger partial charge < -0.3 is 10.0 Å². The minimum atomic E-state index is -0.777. The number of aromatic nitrogens is 2. The Balaban J connectivity index is 2.16. The number of hydrogen-bond donors (Lipinski definition) is 1. The summed E-state index contributed by atoms with van der Waals surface area (Å²) in [4.78, 5) is 21.8. The van der Waals surface area contributed by atoms with Crippen LogP contribution in [0, 0.1) is 5.92 Å². The second-order valence-corrected chi connectivity index (χ2v) is 4.98. The van der Waals surface area contributed by atoms with E-state index in [1.807, 2.05) is 0 Å². The molecule has 5 heteroatoms. The first-order chi connectivity index (χ1) is 8.66. The maximum atomic E-state index is 11.0. The highest BCUT2D eigenvalue weighted by Crippen LogP contribution is 2.32. The van der Waals surface area contributed by atoms with Crippen LogP contribution in [0.25, 0.3) is 0 Å². The van der Waals surface area contributed by atoms with Gasteiger partial charge >= 0.3 is 5.97 Å². The SMILES string of the molecule is CN1CCCC(C(CC(=O)O)c2ncccn2)C1. The molecule has 0 bridgehead atoms. The van der Waals surface area contributed by atoms with Crippen molar-refractivity contribution >= 4 is 5.97 Å². The summed E-state index contributed by atoms with van der Waals surface area (Å²) in [7, 11) is 2.08. The van der Waals surface area contributed by atoms with E-state index in [1.54, 1.807) is 18.5 Å². The molecule has 1 saturated heterocycles. The molecule has 0 spiro atoms. The van der Waals surface area contributed by atoms with E-state index >= 15 is 0 Å². The van der Waals surface area contributed by atoms with Gasteiger partial charge in [-0.15, -0.1) is 0 Å². The van der Waals surface area contributed by atoms with Crippen molar-refractivity contribution in [3.63, 3.8) is 0 Å². The van der Waals surface area contributed by atoms with Crippen LogP contribution in [0.2, 0.25) is 0 Å². The minimum Gasteiger partial charge on any atom is -0.481 e. The van der Waals surface area contributed by atoms with Gasteiger partial charge in [-0.05, 0) is 38.4 Å². The Bertz CT molecular complexity index is 396. The molecule has 1 N–H and O–H groups in total. The van der Waals surface area contributed by atoms with Crippen molar-refractivity contribution in [1.29, 1.82) is 0 Å². The number of hydrogen-bond acceptors (Lipinski definition) is 4. The van der Waals surface area contributed by atoms with Gasteiger partial charge in [0.25, 0.3) is 0 Å². The molecule has 0 amide bonds. The molecule has 2 heterocycles. The van der Waals surface area contributed by atoms with E-state index in [0.717, 1.165) is 25.9 Å². The lowest BCUT2D eigenvalue weighted by Gasteiger charge is -2.33. The van der Waals surface area contributed by atoms with Crippen LogP contribution in [0.4, 0.5) is 0 Å². The zero-order chi connectivity index (χ0) is 13.0. The molecule has 1 aromatic rings. The molecule has 18 heavy (non-hydrogen) atoms. The number of carboxylic acids is 1. The van der Waals surface area contributed by atoms with Crippen LogP contribution in [0.1, 0.15) is 31.0 Å².